The van der Waals surface area contributed by atoms with Crippen LogP contribution in [0.4, 0.5) is 4.39 Å². The van der Waals surface area contributed by atoms with Gasteiger partial charge in [0, 0.05) is 13.0 Å². The van der Waals surface area contributed by atoms with E-state index in [1.165, 1.54) is 16.8 Å². The van der Waals surface area contributed by atoms with Gasteiger partial charge in [-0.3, -0.25) is 4.79 Å². The highest BCUT2D eigenvalue weighted by Gasteiger charge is 2.45. The van der Waals surface area contributed by atoms with Crippen molar-refractivity contribution in [1.82, 2.24) is 10.3 Å². The number of fused-ring (bicyclic) bond motifs is 1. The lowest BCUT2D eigenvalue weighted by atomic mass is 9.64. The van der Waals surface area contributed by atoms with Crippen molar-refractivity contribution >= 4 is 27.5 Å². The van der Waals surface area contributed by atoms with Crippen LogP contribution in [0.1, 0.15) is 29.8 Å². The number of carbonyl (C=O) groups excluding carboxylic acids is 1. The number of para-hydroxylation sites is 1. The van der Waals surface area contributed by atoms with E-state index in [1.807, 2.05) is 24.3 Å². The molecule has 0 saturated heterocycles. The van der Waals surface area contributed by atoms with E-state index in [0.717, 1.165) is 35.4 Å². The van der Waals surface area contributed by atoms with Gasteiger partial charge in [0.15, 0.2) is 0 Å². The lowest BCUT2D eigenvalue weighted by Crippen LogP contribution is -2.49. The van der Waals surface area contributed by atoms with E-state index in [1.54, 1.807) is 17.4 Å². The average Bonchev–Trinajstić information content (AvgIpc) is 2.96. The number of thiazole rings is 1. The van der Waals surface area contributed by atoms with E-state index in [0.29, 0.717) is 13.0 Å². The zero-order valence-electron chi connectivity index (χ0n) is 13.8. The summed E-state index contributed by atoms with van der Waals surface area (Å²) >= 11 is 1.66. The Morgan fingerprint density at radius 2 is 2.04 bits per heavy atom. The Bertz CT molecular complexity index is 884. The number of carbonyl (C=O) groups is 1. The highest BCUT2D eigenvalue weighted by atomic mass is 32.1. The zero-order chi connectivity index (χ0) is 17.3. The standard InChI is InChI=1S/C20H19FN2OS/c21-15-6-3-5-14(13-15)20(10-4-11-20)19(24)22-12-9-18-23-16-7-1-2-8-17(16)25-18/h1-3,5-8,13H,4,9-12H2,(H,22,24). The second-order valence-electron chi connectivity index (χ2n) is 6.53. The van der Waals surface area contributed by atoms with Crippen molar-refractivity contribution in [2.24, 2.45) is 0 Å². The zero-order valence-corrected chi connectivity index (χ0v) is 14.6. The number of halogens is 1. The van der Waals surface area contributed by atoms with E-state index in [2.05, 4.69) is 16.4 Å². The van der Waals surface area contributed by atoms with Gasteiger partial charge in [-0.15, -0.1) is 11.3 Å². The van der Waals surface area contributed by atoms with E-state index < -0.39 is 5.41 Å². The number of nitrogens with zero attached hydrogens (tertiary/aromatic N) is 1. The highest BCUT2D eigenvalue weighted by molar-refractivity contribution is 7.18. The normalized spacial score (nSPS) is 15.7. The van der Waals surface area contributed by atoms with Crippen molar-refractivity contribution in [2.75, 3.05) is 6.54 Å². The van der Waals surface area contributed by atoms with Gasteiger partial charge in [-0.25, -0.2) is 9.37 Å². The smallest absolute Gasteiger partial charge is 0.230 e. The third-order valence-corrected chi connectivity index (χ3v) is 6.08. The lowest BCUT2D eigenvalue weighted by molar-refractivity contribution is -0.129. The summed E-state index contributed by atoms with van der Waals surface area (Å²) in [7, 11) is 0. The third-order valence-electron chi connectivity index (χ3n) is 4.98. The van der Waals surface area contributed by atoms with E-state index in [9.17, 15) is 9.18 Å². The number of hydrogen-bond acceptors (Lipinski definition) is 3. The van der Waals surface area contributed by atoms with Crippen LogP contribution in [0.15, 0.2) is 48.5 Å². The van der Waals surface area contributed by atoms with Crippen molar-refractivity contribution in [3.8, 4) is 0 Å². The molecule has 0 bridgehead atoms. The Labute approximate surface area is 149 Å². The van der Waals surface area contributed by atoms with Crippen LogP contribution in [0.25, 0.3) is 10.2 Å². The van der Waals surface area contributed by atoms with E-state index in [-0.39, 0.29) is 11.7 Å². The molecule has 1 fully saturated rings. The first-order valence-corrected chi connectivity index (χ1v) is 9.38. The lowest BCUT2D eigenvalue weighted by Gasteiger charge is -2.40. The SMILES string of the molecule is O=C(NCCc1nc2ccccc2s1)C1(c2cccc(F)c2)CCC1. The fourth-order valence-electron chi connectivity index (χ4n) is 3.44. The van der Waals surface area contributed by atoms with Gasteiger partial charge in [0.05, 0.1) is 20.6 Å². The molecule has 0 unspecified atom stereocenters. The summed E-state index contributed by atoms with van der Waals surface area (Å²) in [5, 5.41) is 4.06. The second-order valence-corrected chi connectivity index (χ2v) is 7.64. The molecule has 1 saturated carbocycles. The number of amides is 1. The van der Waals surface area contributed by atoms with Gasteiger partial charge in [-0.2, -0.15) is 0 Å². The summed E-state index contributed by atoms with van der Waals surface area (Å²) in [4.78, 5) is 17.4. The summed E-state index contributed by atoms with van der Waals surface area (Å²) in [6.07, 6.45) is 3.28. The topological polar surface area (TPSA) is 42.0 Å². The minimum Gasteiger partial charge on any atom is -0.355 e. The average molecular weight is 354 g/mol. The molecule has 1 amide bonds. The van der Waals surface area contributed by atoms with Crippen LogP contribution in [0.3, 0.4) is 0 Å². The highest BCUT2D eigenvalue weighted by Crippen LogP contribution is 2.44. The second kappa shape index (κ2) is 6.56. The molecule has 1 aliphatic carbocycles. The van der Waals surface area contributed by atoms with Crippen molar-refractivity contribution in [1.29, 1.82) is 0 Å². The van der Waals surface area contributed by atoms with Crippen LogP contribution >= 0.6 is 11.3 Å². The molecule has 0 spiro atoms. The molecule has 0 radical (unpaired) electrons. The first kappa shape index (κ1) is 16.2. The predicted octanol–water partition coefficient (Wildman–Crippen LogP) is 4.22. The van der Waals surface area contributed by atoms with Crippen LogP contribution in [-0.4, -0.2) is 17.4 Å². The Kier molecular flexibility index (Phi) is 4.25. The van der Waals surface area contributed by atoms with Crippen LogP contribution in [0, 0.1) is 5.82 Å². The number of benzene rings is 2. The molecule has 3 aromatic rings. The molecule has 5 heteroatoms. The van der Waals surface area contributed by atoms with Gasteiger partial charge in [0.25, 0.3) is 0 Å². The molecule has 0 aliphatic heterocycles. The number of hydrogen-bond donors (Lipinski definition) is 1. The molecule has 0 atom stereocenters. The molecule has 1 aliphatic rings. The molecule has 25 heavy (non-hydrogen) atoms. The molecule has 2 aromatic carbocycles. The van der Waals surface area contributed by atoms with Gasteiger partial charge >= 0.3 is 0 Å². The van der Waals surface area contributed by atoms with Crippen molar-refractivity contribution < 1.29 is 9.18 Å². The molecule has 1 heterocycles. The monoisotopic (exact) mass is 354 g/mol. The van der Waals surface area contributed by atoms with Crippen LogP contribution in [0.2, 0.25) is 0 Å². The van der Waals surface area contributed by atoms with Gasteiger partial charge in [0.2, 0.25) is 5.91 Å². The Hall–Kier alpha value is -2.27. The summed E-state index contributed by atoms with van der Waals surface area (Å²) in [6, 6.07) is 14.5. The summed E-state index contributed by atoms with van der Waals surface area (Å²) in [6.45, 7) is 0.551. The first-order chi connectivity index (χ1) is 12.2. The minimum atomic E-state index is -0.560. The van der Waals surface area contributed by atoms with Gasteiger partial charge in [-0.1, -0.05) is 30.7 Å². The first-order valence-electron chi connectivity index (χ1n) is 8.56. The Morgan fingerprint density at radius 3 is 2.76 bits per heavy atom. The van der Waals surface area contributed by atoms with Crippen LogP contribution in [0.5, 0.6) is 0 Å². The molecule has 1 aromatic heterocycles. The largest absolute Gasteiger partial charge is 0.355 e. The van der Waals surface area contributed by atoms with Crippen molar-refractivity contribution in [3.63, 3.8) is 0 Å². The molecular formula is C20H19FN2OS. The predicted molar refractivity (Wildman–Crippen MR) is 98.3 cm³/mol. The van der Waals surface area contributed by atoms with Crippen molar-refractivity contribution in [3.05, 3.63) is 64.9 Å². The molecule has 4 rings (SSSR count). The van der Waals surface area contributed by atoms with E-state index >= 15 is 0 Å². The molecule has 1 N–H and O–H groups in total. The summed E-state index contributed by atoms with van der Waals surface area (Å²) in [5.41, 5.74) is 1.23. The fourth-order valence-corrected chi connectivity index (χ4v) is 4.41. The fraction of sp³-hybridized carbons (Fsp3) is 0.300. The van der Waals surface area contributed by atoms with Crippen LogP contribution in [-0.2, 0) is 16.6 Å². The molecule has 3 nitrogen and oxygen atoms in total. The molecule has 128 valence electrons. The van der Waals surface area contributed by atoms with E-state index in [4.69, 9.17) is 0 Å². The van der Waals surface area contributed by atoms with Crippen molar-refractivity contribution in [2.45, 2.75) is 31.1 Å². The number of nitrogens with one attached hydrogen (secondary N) is 1. The minimum absolute atomic E-state index is 0.00506. The Balaban J connectivity index is 1.42. The third kappa shape index (κ3) is 3.04. The van der Waals surface area contributed by atoms with Gasteiger partial charge < -0.3 is 5.32 Å². The molecular weight excluding hydrogens is 335 g/mol. The van der Waals surface area contributed by atoms with Crippen LogP contribution < -0.4 is 5.32 Å². The summed E-state index contributed by atoms with van der Waals surface area (Å²) in [5.74, 6) is -0.281. The van der Waals surface area contributed by atoms with Gasteiger partial charge in [-0.05, 0) is 42.7 Å². The Morgan fingerprint density at radius 1 is 1.20 bits per heavy atom. The number of aromatic nitrogens is 1. The maximum absolute atomic E-state index is 13.6. The van der Waals surface area contributed by atoms with Gasteiger partial charge in [0.1, 0.15) is 5.82 Å². The summed E-state index contributed by atoms with van der Waals surface area (Å²) < 4.78 is 14.7. The number of rotatable bonds is 5. The maximum atomic E-state index is 13.6. The maximum Gasteiger partial charge on any atom is 0.230 e. The quantitative estimate of drug-likeness (QED) is 0.745.